The number of benzene rings is 1. The molecule has 15 heavy (non-hydrogen) atoms. The van der Waals surface area contributed by atoms with E-state index in [0.717, 1.165) is 5.56 Å². The van der Waals surface area contributed by atoms with Gasteiger partial charge in [0.05, 0.1) is 18.7 Å². The Morgan fingerprint density at radius 1 is 1.60 bits per heavy atom. The van der Waals surface area contributed by atoms with Crippen LogP contribution in [0.1, 0.15) is 15.9 Å². The van der Waals surface area contributed by atoms with Crippen molar-refractivity contribution >= 4 is 21.9 Å². The summed E-state index contributed by atoms with van der Waals surface area (Å²) in [6, 6.07) is 9.17. The van der Waals surface area contributed by atoms with Crippen molar-refractivity contribution in [2.24, 2.45) is 0 Å². The Balaban J connectivity index is 2.97. The number of carbonyl (C=O) groups excluding carboxylic acids is 1. The minimum atomic E-state index is -0.372. The first-order valence-corrected chi connectivity index (χ1v) is 5.30. The van der Waals surface area contributed by atoms with Crippen LogP contribution < -0.4 is 0 Å². The molecule has 1 aromatic rings. The summed E-state index contributed by atoms with van der Waals surface area (Å²) < 4.78 is 4.65. The lowest BCUT2D eigenvalue weighted by molar-refractivity contribution is 0.0599. The predicted molar refractivity (Wildman–Crippen MR) is 59.8 cm³/mol. The molecule has 0 aliphatic rings. The third-order valence-corrected chi connectivity index (χ3v) is 2.49. The maximum Gasteiger partial charge on any atom is 0.338 e. The topological polar surface area (TPSA) is 50.1 Å². The van der Waals surface area contributed by atoms with E-state index in [9.17, 15) is 4.79 Å². The minimum absolute atomic E-state index is 0.289. The van der Waals surface area contributed by atoms with Crippen molar-refractivity contribution in [1.82, 2.24) is 0 Å². The van der Waals surface area contributed by atoms with Crippen molar-refractivity contribution in [3.63, 3.8) is 0 Å². The Morgan fingerprint density at radius 3 is 2.87 bits per heavy atom. The van der Waals surface area contributed by atoms with Gasteiger partial charge in [0.2, 0.25) is 0 Å². The average molecular weight is 268 g/mol. The van der Waals surface area contributed by atoms with Gasteiger partial charge < -0.3 is 4.74 Å². The molecule has 0 heterocycles. The van der Waals surface area contributed by atoms with Crippen LogP contribution in [-0.4, -0.2) is 17.9 Å². The summed E-state index contributed by atoms with van der Waals surface area (Å²) in [6.07, 6.45) is 0.488. The fourth-order valence-corrected chi connectivity index (χ4v) is 1.59. The van der Waals surface area contributed by atoms with E-state index in [4.69, 9.17) is 5.26 Å². The molecule has 1 atom stereocenters. The molecule has 0 radical (unpaired) electrons. The third-order valence-electron chi connectivity index (χ3n) is 1.96. The zero-order valence-corrected chi connectivity index (χ0v) is 9.82. The SMILES string of the molecule is COC(=O)c1ccccc1C[C@H](Br)C#N. The summed E-state index contributed by atoms with van der Waals surface area (Å²) in [5.41, 5.74) is 1.33. The first kappa shape index (κ1) is 11.7. The number of alkyl halides is 1. The number of nitriles is 1. The number of halogens is 1. The van der Waals surface area contributed by atoms with E-state index >= 15 is 0 Å². The smallest absolute Gasteiger partial charge is 0.338 e. The number of hydrogen-bond donors (Lipinski definition) is 0. The van der Waals surface area contributed by atoms with Crippen molar-refractivity contribution in [2.75, 3.05) is 7.11 Å². The van der Waals surface area contributed by atoms with Crippen molar-refractivity contribution in [1.29, 1.82) is 5.26 Å². The molecule has 0 saturated heterocycles. The van der Waals surface area contributed by atoms with Crippen LogP contribution in [0, 0.1) is 11.3 Å². The number of carbonyl (C=O) groups is 1. The average Bonchev–Trinajstić information content (AvgIpc) is 2.28. The Labute approximate surface area is 96.8 Å². The number of esters is 1. The summed E-state index contributed by atoms with van der Waals surface area (Å²) in [4.78, 5) is 11.1. The van der Waals surface area contributed by atoms with Crippen LogP contribution >= 0.6 is 15.9 Å². The molecule has 4 heteroatoms. The summed E-state index contributed by atoms with van der Waals surface area (Å²) in [5, 5.41) is 8.67. The minimum Gasteiger partial charge on any atom is -0.465 e. The molecule has 0 bridgehead atoms. The molecule has 1 aromatic carbocycles. The highest BCUT2D eigenvalue weighted by Gasteiger charge is 2.13. The molecular formula is C11H10BrNO2. The van der Waals surface area contributed by atoms with E-state index < -0.39 is 0 Å². The van der Waals surface area contributed by atoms with Crippen molar-refractivity contribution < 1.29 is 9.53 Å². The maximum absolute atomic E-state index is 11.4. The standard InChI is InChI=1S/C11H10BrNO2/c1-15-11(14)10-5-3-2-4-8(10)6-9(12)7-13/h2-5,9H,6H2,1H3/t9-/m0/s1. The molecule has 0 amide bonds. The summed E-state index contributed by atoms with van der Waals surface area (Å²) >= 11 is 3.21. The first-order chi connectivity index (χ1) is 7.19. The van der Waals surface area contributed by atoms with Gasteiger partial charge in [0.1, 0.15) is 4.83 Å². The molecule has 0 aliphatic carbocycles. The number of rotatable bonds is 3. The fraction of sp³-hybridized carbons (Fsp3) is 0.273. The summed E-state index contributed by atoms with van der Waals surface area (Å²) in [7, 11) is 1.34. The highest BCUT2D eigenvalue weighted by atomic mass is 79.9. The van der Waals surface area contributed by atoms with Gasteiger partial charge in [-0.15, -0.1) is 0 Å². The monoisotopic (exact) mass is 267 g/mol. The Morgan fingerprint density at radius 2 is 2.27 bits per heavy atom. The van der Waals surface area contributed by atoms with Crippen LogP contribution in [0.2, 0.25) is 0 Å². The van der Waals surface area contributed by atoms with Gasteiger partial charge in [0, 0.05) is 0 Å². The third kappa shape index (κ3) is 3.07. The second-order valence-corrected chi connectivity index (χ2v) is 4.05. The molecule has 0 aromatic heterocycles. The zero-order chi connectivity index (χ0) is 11.3. The number of hydrogen-bond acceptors (Lipinski definition) is 3. The van der Waals surface area contributed by atoms with Crippen LogP contribution in [0.3, 0.4) is 0 Å². The number of ether oxygens (including phenoxy) is 1. The molecule has 0 aliphatic heterocycles. The van der Waals surface area contributed by atoms with Gasteiger partial charge >= 0.3 is 5.97 Å². The molecule has 0 spiro atoms. The zero-order valence-electron chi connectivity index (χ0n) is 8.24. The lowest BCUT2D eigenvalue weighted by Crippen LogP contribution is -2.08. The summed E-state index contributed by atoms with van der Waals surface area (Å²) in [5.74, 6) is -0.372. The van der Waals surface area contributed by atoms with Gasteiger partial charge in [0.25, 0.3) is 0 Å². The lowest BCUT2D eigenvalue weighted by Gasteiger charge is -2.07. The second-order valence-electron chi connectivity index (χ2n) is 2.95. The van der Waals surface area contributed by atoms with Crippen molar-refractivity contribution in [3.05, 3.63) is 35.4 Å². The van der Waals surface area contributed by atoms with Gasteiger partial charge in [-0.3, -0.25) is 0 Å². The molecule has 0 unspecified atom stereocenters. The van der Waals surface area contributed by atoms with Crippen molar-refractivity contribution in [2.45, 2.75) is 11.2 Å². The molecule has 0 N–H and O–H groups in total. The first-order valence-electron chi connectivity index (χ1n) is 4.39. The molecule has 1 rings (SSSR count). The molecule has 0 saturated carbocycles. The van der Waals surface area contributed by atoms with Gasteiger partial charge in [-0.1, -0.05) is 34.1 Å². The number of methoxy groups -OCH3 is 1. The Hall–Kier alpha value is -1.34. The maximum atomic E-state index is 11.4. The predicted octanol–water partition coefficient (Wildman–Crippen LogP) is 2.30. The molecule has 3 nitrogen and oxygen atoms in total. The van der Waals surface area contributed by atoms with E-state index in [1.54, 1.807) is 12.1 Å². The van der Waals surface area contributed by atoms with Crippen molar-refractivity contribution in [3.8, 4) is 6.07 Å². The van der Waals surface area contributed by atoms with Crippen LogP contribution in [0.5, 0.6) is 0 Å². The Kier molecular flexibility index (Phi) is 4.32. The Bertz CT molecular complexity index is 398. The highest BCUT2D eigenvalue weighted by molar-refractivity contribution is 9.09. The quantitative estimate of drug-likeness (QED) is 0.624. The number of nitrogens with zero attached hydrogens (tertiary/aromatic N) is 1. The van der Waals surface area contributed by atoms with Crippen LogP contribution in [0.25, 0.3) is 0 Å². The fourth-order valence-electron chi connectivity index (χ4n) is 1.25. The molecule has 0 fully saturated rings. The van der Waals surface area contributed by atoms with Crippen LogP contribution in [0.15, 0.2) is 24.3 Å². The normalized spacial score (nSPS) is 11.5. The van der Waals surface area contributed by atoms with E-state index in [-0.39, 0.29) is 10.8 Å². The van der Waals surface area contributed by atoms with Crippen LogP contribution in [-0.2, 0) is 11.2 Å². The van der Waals surface area contributed by atoms with E-state index in [1.807, 2.05) is 12.1 Å². The van der Waals surface area contributed by atoms with Gasteiger partial charge in [-0.05, 0) is 18.1 Å². The second kappa shape index (κ2) is 5.52. The summed E-state index contributed by atoms with van der Waals surface area (Å²) in [6.45, 7) is 0. The van der Waals surface area contributed by atoms with Gasteiger partial charge in [-0.25, -0.2) is 4.79 Å². The molecule has 78 valence electrons. The lowest BCUT2D eigenvalue weighted by atomic mass is 10.0. The van der Waals surface area contributed by atoms with E-state index in [2.05, 4.69) is 26.7 Å². The molecular weight excluding hydrogens is 258 g/mol. The van der Waals surface area contributed by atoms with E-state index in [1.165, 1.54) is 7.11 Å². The van der Waals surface area contributed by atoms with E-state index in [0.29, 0.717) is 12.0 Å². The van der Waals surface area contributed by atoms with Crippen LogP contribution in [0.4, 0.5) is 0 Å². The van der Waals surface area contributed by atoms with Gasteiger partial charge in [0.15, 0.2) is 0 Å². The van der Waals surface area contributed by atoms with Gasteiger partial charge in [-0.2, -0.15) is 5.26 Å². The highest BCUT2D eigenvalue weighted by Crippen LogP contribution is 2.15. The largest absolute Gasteiger partial charge is 0.465 e.